The van der Waals surface area contributed by atoms with Gasteiger partial charge in [0.15, 0.2) is 0 Å². The van der Waals surface area contributed by atoms with Gasteiger partial charge in [0.25, 0.3) is 0 Å². The van der Waals surface area contributed by atoms with E-state index in [2.05, 4.69) is 15.7 Å². The van der Waals surface area contributed by atoms with Crippen molar-refractivity contribution in [2.45, 2.75) is 46.8 Å². The van der Waals surface area contributed by atoms with Gasteiger partial charge in [0.1, 0.15) is 0 Å². The maximum Gasteiger partial charge on any atom is 0.319 e. The van der Waals surface area contributed by atoms with Gasteiger partial charge in [-0.2, -0.15) is 5.10 Å². The fourth-order valence-corrected chi connectivity index (χ4v) is 2.83. The van der Waals surface area contributed by atoms with Crippen LogP contribution in [0.5, 0.6) is 0 Å². The summed E-state index contributed by atoms with van der Waals surface area (Å²) in [6.07, 6.45) is 0.750. The van der Waals surface area contributed by atoms with Crippen LogP contribution in [0.3, 0.4) is 0 Å². The normalized spacial score (nSPS) is 12.0. The molecule has 2 aromatic rings. The number of aromatic nitrogens is 2. The third kappa shape index (κ3) is 5.06. The highest BCUT2D eigenvalue weighted by molar-refractivity contribution is 5.90. The number of carbonyl (C=O) groups is 1. The molecule has 136 valence electrons. The lowest BCUT2D eigenvalue weighted by Crippen LogP contribution is -2.37. The Balaban J connectivity index is 1.96. The van der Waals surface area contributed by atoms with Crippen LogP contribution >= 0.6 is 0 Å². The van der Waals surface area contributed by atoms with Crippen molar-refractivity contribution in [3.05, 3.63) is 46.8 Å². The Morgan fingerprint density at radius 1 is 1.32 bits per heavy atom. The summed E-state index contributed by atoms with van der Waals surface area (Å²) in [4.78, 5) is 12.3. The van der Waals surface area contributed by atoms with Crippen LogP contribution in [0, 0.1) is 13.8 Å². The number of aryl methyl sites for hydroxylation is 2. The van der Waals surface area contributed by atoms with E-state index in [1.165, 1.54) is 5.56 Å². The van der Waals surface area contributed by atoms with E-state index >= 15 is 0 Å². The molecular formula is C19H28N4O2. The zero-order valence-corrected chi connectivity index (χ0v) is 15.7. The van der Waals surface area contributed by atoms with E-state index in [1.807, 2.05) is 63.7 Å². The summed E-state index contributed by atoms with van der Waals surface area (Å²) in [5.74, 6) is 0. The second-order valence-electron chi connectivity index (χ2n) is 6.27. The number of para-hydroxylation sites is 1. The molecule has 1 aromatic heterocycles. The highest BCUT2D eigenvalue weighted by atomic mass is 16.5. The van der Waals surface area contributed by atoms with E-state index in [-0.39, 0.29) is 12.1 Å². The highest BCUT2D eigenvalue weighted by Gasteiger charge is 2.15. The van der Waals surface area contributed by atoms with Crippen LogP contribution in [0.2, 0.25) is 0 Å². The van der Waals surface area contributed by atoms with Crippen molar-refractivity contribution < 1.29 is 9.53 Å². The summed E-state index contributed by atoms with van der Waals surface area (Å²) in [6.45, 7) is 9.12. The number of nitrogens with zero attached hydrogens (tertiary/aromatic N) is 2. The minimum Gasteiger partial charge on any atom is -0.377 e. The van der Waals surface area contributed by atoms with Crippen molar-refractivity contribution in [2.24, 2.45) is 7.05 Å². The van der Waals surface area contributed by atoms with Crippen molar-refractivity contribution in [3.8, 4) is 0 Å². The zero-order valence-electron chi connectivity index (χ0n) is 15.7. The Labute approximate surface area is 149 Å². The van der Waals surface area contributed by atoms with Crippen molar-refractivity contribution in [1.29, 1.82) is 0 Å². The van der Waals surface area contributed by atoms with Gasteiger partial charge < -0.3 is 15.4 Å². The summed E-state index contributed by atoms with van der Waals surface area (Å²) in [7, 11) is 1.94. The molecule has 0 saturated carbocycles. The standard InChI is InChI=1S/C19H28N4O2/c1-6-25-12-16-9-7-8-10-18(16)21-19(24)20-13(2)11-17-14(3)22-23(5)15(17)4/h7-10,13H,6,11-12H2,1-5H3,(H2,20,21,24)/t13-/m0/s1. The minimum atomic E-state index is -0.212. The number of ether oxygens (including phenoxy) is 1. The van der Waals surface area contributed by atoms with Gasteiger partial charge in [0.05, 0.1) is 12.3 Å². The van der Waals surface area contributed by atoms with Crippen LogP contribution in [-0.4, -0.2) is 28.5 Å². The predicted octanol–water partition coefficient (Wildman–Crippen LogP) is 3.33. The molecule has 0 bridgehead atoms. The number of rotatable bonds is 7. The van der Waals surface area contributed by atoms with Crippen LogP contribution in [-0.2, 0) is 24.8 Å². The fraction of sp³-hybridized carbons (Fsp3) is 0.474. The number of carbonyl (C=O) groups excluding carboxylic acids is 1. The second kappa shape index (κ2) is 8.67. The summed E-state index contributed by atoms with van der Waals surface area (Å²) in [6, 6.07) is 7.46. The average Bonchev–Trinajstić information content (AvgIpc) is 2.80. The van der Waals surface area contributed by atoms with E-state index in [0.717, 1.165) is 29.1 Å². The number of amides is 2. The Morgan fingerprint density at radius 2 is 2.04 bits per heavy atom. The van der Waals surface area contributed by atoms with Gasteiger partial charge in [-0.25, -0.2) is 4.79 Å². The molecule has 0 aliphatic carbocycles. The molecule has 1 atom stereocenters. The van der Waals surface area contributed by atoms with Crippen LogP contribution in [0.15, 0.2) is 24.3 Å². The summed E-state index contributed by atoms with van der Waals surface area (Å²) in [5, 5.41) is 10.3. The molecule has 0 saturated heterocycles. The molecule has 0 spiro atoms. The molecule has 1 aromatic carbocycles. The Kier molecular flexibility index (Phi) is 6.58. The molecule has 0 fully saturated rings. The van der Waals surface area contributed by atoms with Crippen molar-refractivity contribution in [2.75, 3.05) is 11.9 Å². The van der Waals surface area contributed by atoms with E-state index in [9.17, 15) is 4.79 Å². The lowest BCUT2D eigenvalue weighted by atomic mass is 10.1. The maximum atomic E-state index is 12.3. The van der Waals surface area contributed by atoms with Crippen LogP contribution in [0.1, 0.15) is 36.4 Å². The quantitative estimate of drug-likeness (QED) is 0.809. The van der Waals surface area contributed by atoms with Crippen LogP contribution in [0.4, 0.5) is 10.5 Å². The van der Waals surface area contributed by atoms with Crippen LogP contribution < -0.4 is 10.6 Å². The first kappa shape index (κ1) is 19.0. The first-order valence-corrected chi connectivity index (χ1v) is 8.64. The van der Waals surface area contributed by atoms with Gasteiger partial charge >= 0.3 is 6.03 Å². The lowest BCUT2D eigenvalue weighted by molar-refractivity contribution is 0.134. The van der Waals surface area contributed by atoms with Crippen LogP contribution in [0.25, 0.3) is 0 Å². The molecule has 0 aliphatic heterocycles. The zero-order chi connectivity index (χ0) is 18.4. The topological polar surface area (TPSA) is 68.2 Å². The van der Waals surface area contributed by atoms with E-state index < -0.39 is 0 Å². The van der Waals surface area contributed by atoms with Gasteiger partial charge in [-0.3, -0.25) is 4.68 Å². The van der Waals surface area contributed by atoms with Gasteiger partial charge in [0.2, 0.25) is 0 Å². The number of nitrogens with one attached hydrogen (secondary N) is 2. The molecule has 1 heterocycles. The van der Waals surface area contributed by atoms with Crippen molar-refractivity contribution >= 4 is 11.7 Å². The van der Waals surface area contributed by atoms with Crippen molar-refractivity contribution in [3.63, 3.8) is 0 Å². The molecule has 6 nitrogen and oxygen atoms in total. The van der Waals surface area contributed by atoms with Gasteiger partial charge in [-0.05, 0) is 45.7 Å². The largest absolute Gasteiger partial charge is 0.377 e. The van der Waals surface area contributed by atoms with E-state index in [0.29, 0.717) is 13.2 Å². The number of hydrogen-bond acceptors (Lipinski definition) is 3. The fourth-order valence-electron chi connectivity index (χ4n) is 2.83. The summed E-state index contributed by atoms with van der Waals surface area (Å²) in [5.41, 5.74) is 5.07. The Bertz CT molecular complexity index is 724. The average molecular weight is 344 g/mol. The SMILES string of the molecule is CCOCc1ccccc1NC(=O)N[C@@H](C)Cc1c(C)nn(C)c1C. The van der Waals surface area contributed by atoms with Gasteiger partial charge in [-0.1, -0.05) is 18.2 Å². The summed E-state index contributed by atoms with van der Waals surface area (Å²) < 4.78 is 7.33. The van der Waals surface area contributed by atoms with E-state index in [1.54, 1.807) is 0 Å². The molecule has 2 N–H and O–H groups in total. The molecule has 2 amide bonds. The van der Waals surface area contributed by atoms with Gasteiger partial charge in [0, 0.05) is 36.6 Å². The number of hydrogen-bond donors (Lipinski definition) is 2. The molecule has 0 aliphatic rings. The van der Waals surface area contributed by atoms with Gasteiger partial charge in [-0.15, -0.1) is 0 Å². The second-order valence-corrected chi connectivity index (χ2v) is 6.27. The summed E-state index contributed by atoms with van der Waals surface area (Å²) >= 11 is 0. The minimum absolute atomic E-state index is 0.000606. The van der Waals surface area contributed by atoms with Crippen molar-refractivity contribution in [1.82, 2.24) is 15.1 Å². The number of anilines is 1. The molecular weight excluding hydrogens is 316 g/mol. The Morgan fingerprint density at radius 3 is 2.68 bits per heavy atom. The first-order chi connectivity index (χ1) is 11.9. The molecule has 0 radical (unpaired) electrons. The monoisotopic (exact) mass is 344 g/mol. The first-order valence-electron chi connectivity index (χ1n) is 8.64. The predicted molar refractivity (Wildman–Crippen MR) is 99.8 cm³/mol. The smallest absolute Gasteiger partial charge is 0.319 e. The highest BCUT2D eigenvalue weighted by Crippen LogP contribution is 2.17. The molecule has 0 unspecified atom stereocenters. The third-order valence-corrected chi connectivity index (χ3v) is 4.27. The Hall–Kier alpha value is -2.34. The maximum absolute atomic E-state index is 12.3. The molecule has 25 heavy (non-hydrogen) atoms. The number of benzene rings is 1. The van der Waals surface area contributed by atoms with E-state index in [4.69, 9.17) is 4.74 Å². The molecule has 6 heteroatoms. The lowest BCUT2D eigenvalue weighted by Gasteiger charge is -2.16. The molecule has 2 rings (SSSR count). The number of urea groups is 1. The third-order valence-electron chi connectivity index (χ3n) is 4.27.